The van der Waals surface area contributed by atoms with Crippen LogP contribution in [0.4, 0.5) is 23.1 Å². The van der Waals surface area contributed by atoms with Crippen LogP contribution in [0.1, 0.15) is 16.8 Å². The van der Waals surface area contributed by atoms with Gasteiger partial charge in [0.1, 0.15) is 11.6 Å². The Balaban J connectivity index is 1.69. The molecule has 0 radical (unpaired) electrons. The van der Waals surface area contributed by atoms with E-state index in [4.69, 9.17) is 9.72 Å². The highest BCUT2D eigenvalue weighted by Gasteiger charge is 2.22. The van der Waals surface area contributed by atoms with Crippen molar-refractivity contribution in [2.24, 2.45) is 0 Å². The van der Waals surface area contributed by atoms with Gasteiger partial charge in [-0.05, 0) is 49.6 Å². The topological polar surface area (TPSA) is 50.3 Å². The molecule has 5 nitrogen and oxygen atoms in total. The van der Waals surface area contributed by atoms with E-state index in [0.29, 0.717) is 0 Å². The molecule has 0 aliphatic carbocycles. The van der Waals surface area contributed by atoms with Crippen LogP contribution in [-0.2, 0) is 6.42 Å². The summed E-state index contributed by atoms with van der Waals surface area (Å²) in [7, 11) is 1.67. The summed E-state index contributed by atoms with van der Waals surface area (Å²) < 4.78 is 5.46. The number of anilines is 4. The van der Waals surface area contributed by atoms with E-state index in [-0.39, 0.29) is 0 Å². The average molecular weight is 346 g/mol. The highest BCUT2D eigenvalue weighted by atomic mass is 16.5. The van der Waals surface area contributed by atoms with Crippen molar-refractivity contribution in [1.29, 1.82) is 0 Å². The number of methoxy groups -OCH3 is 1. The largest absolute Gasteiger partial charge is 0.495 e. The van der Waals surface area contributed by atoms with Crippen molar-refractivity contribution in [1.82, 2.24) is 9.97 Å². The molecular formula is C21H22N4O. The number of benzene rings is 2. The van der Waals surface area contributed by atoms with E-state index in [9.17, 15) is 0 Å². The summed E-state index contributed by atoms with van der Waals surface area (Å²) in [6, 6.07) is 16.4. The molecule has 2 aromatic carbocycles. The minimum atomic E-state index is 0.726. The third kappa shape index (κ3) is 3.08. The van der Waals surface area contributed by atoms with E-state index in [1.807, 2.05) is 25.1 Å². The van der Waals surface area contributed by atoms with Crippen molar-refractivity contribution in [3.05, 3.63) is 65.4 Å². The zero-order valence-electron chi connectivity index (χ0n) is 15.3. The highest BCUT2D eigenvalue weighted by Crippen LogP contribution is 2.34. The van der Waals surface area contributed by atoms with Crippen molar-refractivity contribution < 1.29 is 4.74 Å². The standard InChI is InChI=1S/C21H22N4O/c1-14-8-9-19(26-3)17(12-14)23-20-13-15(2)22-21(24-20)25-11-10-16-6-4-5-7-18(16)25/h4-9,12-13H,10-11H2,1-3H3,(H,22,23,24). The first-order chi connectivity index (χ1) is 12.6. The number of fused-ring (bicyclic) bond motifs is 1. The second-order valence-corrected chi connectivity index (χ2v) is 6.55. The smallest absolute Gasteiger partial charge is 0.232 e. The maximum absolute atomic E-state index is 5.46. The fraction of sp³-hybridized carbons (Fsp3) is 0.238. The summed E-state index contributed by atoms with van der Waals surface area (Å²) in [6.07, 6.45) is 1.02. The second kappa shape index (κ2) is 6.67. The number of nitrogens with one attached hydrogen (secondary N) is 1. The van der Waals surface area contributed by atoms with E-state index in [0.717, 1.165) is 47.4 Å². The molecular weight excluding hydrogens is 324 g/mol. The van der Waals surface area contributed by atoms with Crippen molar-refractivity contribution in [2.45, 2.75) is 20.3 Å². The third-order valence-electron chi connectivity index (χ3n) is 4.59. The zero-order chi connectivity index (χ0) is 18.1. The van der Waals surface area contributed by atoms with Crippen molar-refractivity contribution in [3.8, 4) is 5.75 Å². The zero-order valence-corrected chi connectivity index (χ0v) is 15.3. The van der Waals surface area contributed by atoms with E-state index in [2.05, 4.69) is 52.5 Å². The Morgan fingerprint density at radius 1 is 1.04 bits per heavy atom. The molecule has 5 heteroatoms. The lowest BCUT2D eigenvalue weighted by Crippen LogP contribution is -2.17. The molecule has 0 amide bonds. The number of aromatic nitrogens is 2. The quantitative estimate of drug-likeness (QED) is 0.751. The molecule has 4 rings (SSSR count). The van der Waals surface area contributed by atoms with Gasteiger partial charge in [-0.2, -0.15) is 4.98 Å². The van der Waals surface area contributed by atoms with E-state index < -0.39 is 0 Å². The van der Waals surface area contributed by atoms with Crippen LogP contribution in [0.25, 0.3) is 0 Å². The number of aryl methyl sites for hydroxylation is 2. The van der Waals surface area contributed by atoms with E-state index in [1.54, 1.807) is 7.11 Å². The normalized spacial score (nSPS) is 12.8. The van der Waals surface area contributed by atoms with Gasteiger partial charge in [0.25, 0.3) is 0 Å². The van der Waals surface area contributed by atoms with Gasteiger partial charge in [-0.25, -0.2) is 4.98 Å². The van der Waals surface area contributed by atoms with Gasteiger partial charge in [0.2, 0.25) is 5.95 Å². The van der Waals surface area contributed by atoms with Gasteiger partial charge < -0.3 is 15.0 Å². The summed E-state index contributed by atoms with van der Waals surface area (Å²) in [5.74, 6) is 2.28. The monoisotopic (exact) mass is 346 g/mol. The number of rotatable bonds is 4. The van der Waals surface area contributed by atoms with Crippen LogP contribution >= 0.6 is 0 Å². The highest BCUT2D eigenvalue weighted by molar-refractivity contribution is 5.69. The maximum atomic E-state index is 5.46. The Hall–Kier alpha value is -3.08. The summed E-state index contributed by atoms with van der Waals surface area (Å²) in [5, 5.41) is 3.39. The Morgan fingerprint density at radius 2 is 1.88 bits per heavy atom. The molecule has 0 unspecified atom stereocenters. The molecule has 1 N–H and O–H groups in total. The predicted molar refractivity (Wildman–Crippen MR) is 105 cm³/mol. The van der Waals surface area contributed by atoms with Gasteiger partial charge in [-0.3, -0.25) is 0 Å². The van der Waals surface area contributed by atoms with E-state index in [1.165, 1.54) is 11.3 Å². The average Bonchev–Trinajstić information content (AvgIpc) is 3.05. The second-order valence-electron chi connectivity index (χ2n) is 6.55. The SMILES string of the molecule is COc1ccc(C)cc1Nc1cc(C)nc(N2CCc3ccccc32)n1. The van der Waals surface area contributed by atoms with Crippen molar-refractivity contribution >= 4 is 23.1 Å². The van der Waals surface area contributed by atoms with Gasteiger partial charge in [-0.1, -0.05) is 24.3 Å². The van der Waals surface area contributed by atoms with Gasteiger partial charge in [0.05, 0.1) is 12.8 Å². The minimum absolute atomic E-state index is 0.726. The Morgan fingerprint density at radius 3 is 2.73 bits per heavy atom. The fourth-order valence-electron chi connectivity index (χ4n) is 3.34. The molecule has 0 spiro atoms. The molecule has 1 aliphatic heterocycles. The molecule has 0 bridgehead atoms. The van der Waals surface area contributed by atoms with Crippen LogP contribution in [-0.4, -0.2) is 23.6 Å². The molecule has 132 valence electrons. The maximum Gasteiger partial charge on any atom is 0.232 e. The van der Waals surface area contributed by atoms with Crippen LogP contribution in [0.3, 0.4) is 0 Å². The van der Waals surface area contributed by atoms with Gasteiger partial charge >= 0.3 is 0 Å². The first-order valence-corrected chi connectivity index (χ1v) is 8.77. The Bertz CT molecular complexity index is 954. The summed E-state index contributed by atoms with van der Waals surface area (Å²) in [6.45, 7) is 4.95. The summed E-state index contributed by atoms with van der Waals surface area (Å²) >= 11 is 0. The summed E-state index contributed by atoms with van der Waals surface area (Å²) in [4.78, 5) is 11.6. The molecule has 2 heterocycles. The number of nitrogens with zero attached hydrogens (tertiary/aromatic N) is 3. The number of para-hydroxylation sites is 1. The molecule has 0 saturated carbocycles. The van der Waals surface area contributed by atoms with Crippen LogP contribution in [0.2, 0.25) is 0 Å². The lowest BCUT2D eigenvalue weighted by molar-refractivity contribution is 0.416. The summed E-state index contributed by atoms with van der Waals surface area (Å²) in [5.41, 5.74) is 5.52. The van der Waals surface area contributed by atoms with Crippen molar-refractivity contribution in [3.63, 3.8) is 0 Å². The lowest BCUT2D eigenvalue weighted by Gasteiger charge is -2.19. The van der Waals surface area contributed by atoms with Crippen LogP contribution in [0.5, 0.6) is 5.75 Å². The predicted octanol–water partition coefficient (Wildman–Crippen LogP) is 4.54. The first-order valence-electron chi connectivity index (χ1n) is 8.77. The minimum Gasteiger partial charge on any atom is -0.495 e. The molecule has 1 aliphatic rings. The third-order valence-corrected chi connectivity index (χ3v) is 4.59. The molecule has 26 heavy (non-hydrogen) atoms. The molecule has 0 fully saturated rings. The molecule has 0 saturated heterocycles. The van der Waals surface area contributed by atoms with E-state index >= 15 is 0 Å². The molecule has 3 aromatic rings. The van der Waals surface area contributed by atoms with Crippen molar-refractivity contribution in [2.75, 3.05) is 23.9 Å². The number of hydrogen-bond acceptors (Lipinski definition) is 5. The van der Waals surface area contributed by atoms with Crippen LogP contribution in [0, 0.1) is 13.8 Å². The lowest BCUT2D eigenvalue weighted by atomic mass is 10.2. The fourth-order valence-corrected chi connectivity index (χ4v) is 3.34. The van der Waals surface area contributed by atoms with Gasteiger partial charge in [0, 0.05) is 24.0 Å². The molecule has 0 atom stereocenters. The Kier molecular flexibility index (Phi) is 4.21. The number of ether oxygens (including phenoxy) is 1. The Labute approximate surface area is 153 Å². The van der Waals surface area contributed by atoms with Gasteiger partial charge in [-0.15, -0.1) is 0 Å². The van der Waals surface area contributed by atoms with Gasteiger partial charge in [0.15, 0.2) is 0 Å². The van der Waals surface area contributed by atoms with Crippen LogP contribution in [0.15, 0.2) is 48.5 Å². The first kappa shape index (κ1) is 16.4. The molecule has 1 aromatic heterocycles. The van der Waals surface area contributed by atoms with Crippen LogP contribution < -0.4 is 15.0 Å². The number of hydrogen-bond donors (Lipinski definition) is 1.